The van der Waals surface area contributed by atoms with Gasteiger partial charge in [-0.2, -0.15) is 0 Å². The second kappa shape index (κ2) is 6.53. The van der Waals surface area contributed by atoms with Crippen LogP contribution in [0.5, 0.6) is 6.01 Å². The number of carbonyl (C=O) groups excluding carboxylic acids is 1. The first-order valence-electron chi connectivity index (χ1n) is 6.69. The summed E-state index contributed by atoms with van der Waals surface area (Å²) in [5.74, 6) is 0.0787. The molecule has 0 bridgehead atoms. The number of nitrogens with zero attached hydrogens (tertiary/aromatic N) is 3. The molecule has 110 valence electrons. The molecule has 1 aliphatic rings. The molecule has 1 unspecified atom stereocenters. The van der Waals surface area contributed by atoms with Crippen LogP contribution in [0, 0.1) is 0 Å². The molecule has 2 aromatic rings. The highest BCUT2D eigenvalue weighted by Gasteiger charge is 2.26. The summed E-state index contributed by atoms with van der Waals surface area (Å²) in [6.07, 6.45) is 5.09. The lowest BCUT2D eigenvalue weighted by molar-refractivity contribution is 0.0520. The maximum absolute atomic E-state index is 12.3. The van der Waals surface area contributed by atoms with Gasteiger partial charge in [-0.1, -0.05) is 6.07 Å². The van der Waals surface area contributed by atoms with Crippen LogP contribution in [0.2, 0.25) is 0 Å². The lowest BCUT2D eigenvalue weighted by Crippen LogP contribution is -2.44. The van der Waals surface area contributed by atoms with E-state index in [1.165, 1.54) is 11.3 Å². The molecule has 21 heavy (non-hydrogen) atoms. The maximum atomic E-state index is 12.3. The van der Waals surface area contributed by atoms with Crippen LogP contribution in [-0.4, -0.2) is 40.0 Å². The zero-order chi connectivity index (χ0) is 14.7. The van der Waals surface area contributed by atoms with Crippen LogP contribution in [0.4, 0.5) is 0 Å². The van der Waals surface area contributed by atoms with E-state index >= 15 is 0 Å². The van der Waals surface area contributed by atoms with Crippen LogP contribution in [0.15, 0.2) is 34.4 Å². The van der Waals surface area contributed by atoms with Crippen molar-refractivity contribution < 1.29 is 9.53 Å². The van der Waals surface area contributed by atoms with Crippen molar-refractivity contribution in [1.29, 1.82) is 0 Å². The van der Waals surface area contributed by atoms with Crippen LogP contribution in [0.25, 0.3) is 0 Å². The van der Waals surface area contributed by atoms with Crippen molar-refractivity contribution in [2.75, 3.05) is 13.1 Å². The van der Waals surface area contributed by atoms with Crippen LogP contribution >= 0.6 is 27.3 Å². The normalized spacial score (nSPS) is 18.5. The van der Waals surface area contributed by atoms with Crippen molar-refractivity contribution >= 4 is 33.2 Å². The SMILES string of the molecule is O=C(c1cccs1)N1CCCC(Oc2ncc(Br)cn2)C1. The minimum atomic E-state index is -0.0520. The third-order valence-electron chi connectivity index (χ3n) is 3.27. The number of rotatable bonds is 3. The number of likely N-dealkylation sites (tertiary alicyclic amines) is 1. The number of hydrogen-bond donors (Lipinski definition) is 0. The van der Waals surface area contributed by atoms with Crippen molar-refractivity contribution in [3.05, 3.63) is 39.3 Å². The molecule has 0 N–H and O–H groups in total. The highest BCUT2D eigenvalue weighted by atomic mass is 79.9. The standard InChI is InChI=1S/C14H14BrN3O2S/c15-10-7-16-14(17-8-10)20-11-3-1-5-18(9-11)13(19)12-4-2-6-21-12/h2,4,6-8,11H,1,3,5,9H2. The molecule has 0 aliphatic carbocycles. The van der Waals surface area contributed by atoms with Crippen LogP contribution < -0.4 is 4.74 Å². The first-order chi connectivity index (χ1) is 10.2. The molecule has 1 amide bonds. The van der Waals surface area contributed by atoms with Gasteiger partial charge in [-0.15, -0.1) is 11.3 Å². The summed E-state index contributed by atoms with van der Waals surface area (Å²) in [7, 11) is 0. The summed E-state index contributed by atoms with van der Waals surface area (Å²) in [4.78, 5) is 23.2. The predicted molar refractivity (Wildman–Crippen MR) is 83.6 cm³/mol. The largest absolute Gasteiger partial charge is 0.458 e. The topological polar surface area (TPSA) is 55.3 Å². The minimum Gasteiger partial charge on any atom is -0.458 e. The van der Waals surface area contributed by atoms with Crippen LogP contribution in [0.1, 0.15) is 22.5 Å². The van der Waals surface area contributed by atoms with Crippen LogP contribution in [-0.2, 0) is 0 Å². The van der Waals surface area contributed by atoms with Gasteiger partial charge in [-0.25, -0.2) is 9.97 Å². The van der Waals surface area contributed by atoms with Gasteiger partial charge in [0.2, 0.25) is 0 Å². The quantitative estimate of drug-likeness (QED) is 0.836. The molecule has 0 aromatic carbocycles. The van der Waals surface area contributed by atoms with Crippen molar-refractivity contribution in [3.8, 4) is 6.01 Å². The van der Waals surface area contributed by atoms with Crippen molar-refractivity contribution in [1.82, 2.24) is 14.9 Å². The van der Waals surface area contributed by atoms with Crippen LogP contribution in [0.3, 0.4) is 0 Å². The summed E-state index contributed by atoms with van der Waals surface area (Å²) < 4.78 is 6.59. The summed E-state index contributed by atoms with van der Waals surface area (Å²) in [6, 6.07) is 4.11. The Kier molecular flexibility index (Phi) is 4.50. The zero-order valence-corrected chi connectivity index (χ0v) is 13.6. The maximum Gasteiger partial charge on any atom is 0.316 e. The van der Waals surface area contributed by atoms with E-state index in [0.29, 0.717) is 12.6 Å². The minimum absolute atomic E-state index is 0.0520. The Morgan fingerprint density at radius 1 is 1.43 bits per heavy atom. The molecule has 7 heteroatoms. The van der Waals surface area contributed by atoms with Gasteiger partial charge in [0.05, 0.1) is 15.9 Å². The fraction of sp³-hybridized carbons (Fsp3) is 0.357. The Morgan fingerprint density at radius 2 is 2.24 bits per heavy atom. The number of thiophene rings is 1. The smallest absolute Gasteiger partial charge is 0.316 e. The van der Waals surface area contributed by atoms with E-state index in [1.807, 2.05) is 22.4 Å². The molecule has 0 radical (unpaired) electrons. The molecule has 0 saturated carbocycles. The van der Waals surface area contributed by atoms with Gasteiger partial charge in [-0.05, 0) is 40.2 Å². The second-order valence-corrected chi connectivity index (χ2v) is 6.66. The Bertz CT molecular complexity index is 603. The lowest BCUT2D eigenvalue weighted by atomic mass is 10.1. The number of carbonyl (C=O) groups is 1. The number of amides is 1. The van der Waals surface area contributed by atoms with E-state index in [4.69, 9.17) is 4.74 Å². The number of halogens is 1. The lowest BCUT2D eigenvalue weighted by Gasteiger charge is -2.32. The van der Waals surface area contributed by atoms with Gasteiger partial charge in [-0.3, -0.25) is 4.79 Å². The van der Waals surface area contributed by atoms with E-state index in [0.717, 1.165) is 28.7 Å². The Balaban J connectivity index is 1.63. The molecule has 1 atom stereocenters. The zero-order valence-electron chi connectivity index (χ0n) is 11.2. The molecular formula is C14H14BrN3O2S. The van der Waals surface area contributed by atoms with Crippen molar-refractivity contribution in [2.24, 2.45) is 0 Å². The summed E-state index contributed by atoms with van der Waals surface area (Å²) in [6.45, 7) is 1.36. The van der Waals surface area contributed by atoms with Gasteiger partial charge >= 0.3 is 6.01 Å². The monoisotopic (exact) mass is 367 g/mol. The van der Waals surface area contributed by atoms with Gasteiger partial charge in [0.15, 0.2) is 0 Å². The van der Waals surface area contributed by atoms with Gasteiger partial charge in [0.1, 0.15) is 6.10 Å². The van der Waals surface area contributed by atoms with E-state index in [-0.39, 0.29) is 12.0 Å². The van der Waals surface area contributed by atoms with E-state index in [1.54, 1.807) is 12.4 Å². The highest BCUT2D eigenvalue weighted by molar-refractivity contribution is 9.10. The first kappa shape index (κ1) is 14.5. The third kappa shape index (κ3) is 3.59. The molecule has 1 fully saturated rings. The molecule has 3 rings (SSSR count). The van der Waals surface area contributed by atoms with E-state index in [2.05, 4.69) is 25.9 Å². The first-order valence-corrected chi connectivity index (χ1v) is 8.36. The van der Waals surface area contributed by atoms with E-state index < -0.39 is 0 Å². The average molecular weight is 368 g/mol. The summed E-state index contributed by atoms with van der Waals surface area (Å²) >= 11 is 4.76. The molecule has 2 aromatic heterocycles. The molecular weight excluding hydrogens is 354 g/mol. The highest BCUT2D eigenvalue weighted by Crippen LogP contribution is 2.19. The van der Waals surface area contributed by atoms with Gasteiger partial charge in [0.25, 0.3) is 5.91 Å². The number of aromatic nitrogens is 2. The average Bonchev–Trinajstić information content (AvgIpc) is 3.03. The number of ether oxygens (including phenoxy) is 1. The van der Waals surface area contributed by atoms with Gasteiger partial charge in [0, 0.05) is 18.9 Å². The Morgan fingerprint density at radius 3 is 2.95 bits per heavy atom. The fourth-order valence-electron chi connectivity index (χ4n) is 2.29. The Hall–Kier alpha value is -1.47. The molecule has 1 aliphatic heterocycles. The molecule has 0 spiro atoms. The van der Waals surface area contributed by atoms with Crippen molar-refractivity contribution in [3.63, 3.8) is 0 Å². The van der Waals surface area contributed by atoms with Gasteiger partial charge < -0.3 is 9.64 Å². The van der Waals surface area contributed by atoms with E-state index in [9.17, 15) is 4.79 Å². The predicted octanol–water partition coefficient (Wildman–Crippen LogP) is 2.98. The summed E-state index contributed by atoms with van der Waals surface area (Å²) in [5, 5.41) is 1.92. The Labute approximate surface area is 135 Å². The second-order valence-electron chi connectivity index (χ2n) is 4.79. The third-order valence-corrected chi connectivity index (χ3v) is 4.53. The molecule has 5 nitrogen and oxygen atoms in total. The summed E-state index contributed by atoms with van der Waals surface area (Å²) in [5.41, 5.74) is 0. The molecule has 1 saturated heterocycles. The number of hydrogen-bond acceptors (Lipinski definition) is 5. The number of piperidine rings is 1. The fourth-order valence-corrected chi connectivity index (χ4v) is 3.18. The van der Waals surface area contributed by atoms with Crippen molar-refractivity contribution in [2.45, 2.75) is 18.9 Å². The molecule has 3 heterocycles.